The second-order valence-corrected chi connectivity index (χ2v) is 4.42. The summed E-state index contributed by atoms with van der Waals surface area (Å²) in [6.45, 7) is 0.659. The van der Waals surface area contributed by atoms with E-state index in [0.29, 0.717) is 12.5 Å². The molecule has 0 aromatic carbocycles. The summed E-state index contributed by atoms with van der Waals surface area (Å²) in [5.74, 6) is 0.533. The van der Waals surface area contributed by atoms with E-state index in [4.69, 9.17) is 0 Å². The maximum Gasteiger partial charge on any atom is 0.0693 e. The summed E-state index contributed by atoms with van der Waals surface area (Å²) in [6, 6.07) is 0.230. The summed E-state index contributed by atoms with van der Waals surface area (Å²) in [5.41, 5.74) is 0. The molecule has 0 aromatic heterocycles. The average molecular weight is 185 g/mol. The van der Waals surface area contributed by atoms with Gasteiger partial charge in [0.1, 0.15) is 0 Å². The van der Waals surface area contributed by atoms with Crippen molar-refractivity contribution in [3.63, 3.8) is 0 Å². The molecular formula is C10H19NO2. The van der Waals surface area contributed by atoms with Crippen LogP contribution in [0.15, 0.2) is 0 Å². The first-order chi connectivity index (χ1) is 6.27. The normalized spacial score (nSPS) is 36.5. The molecule has 0 saturated heterocycles. The first-order valence-corrected chi connectivity index (χ1v) is 5.37. The summed E-state index contributed by atoms with van der Waals surface area (Å²) in [5, 5.41) is 22.4. The number of nitrogens with one attached hydrogen (secondary N) is 1. The number of rotatable bonds is 4. The average Bonchev–Trinajstić information content (AvgIpc) is 2.88. The molecule has 1 unspecified atom stereocenters. The van der Waals surface area contributed by atoms with Crippen LogP contribution in [-0.4, -0.2) is 35.0 Å². The van der Waals surface area contributed by atoms with Crippen molar-refractivity contribution in [2.75, 3.05) is 6.54 Å². The van der Waals surface area contributed by atoms with Gasteiger partial charge in [-0.2, -0.15) is 0 Å². The SMILES string of the molecule is OC(CN[C@H]1CCC[C@@H]1O)C1CC1. The van der Waals surface area contributed by atoms with Gasteiger partial charge in [-0.25, -0.2) is 0 Å². The van der Waals surface area contributed by atoms with Gasteiger partial charge in [-0.05, 0) is 38.0 Å². The minimum absolute atomic E-state index is 0.187. The van der Waals surface area contributed by atoms with Crippen molar-refractivity contribution in [3.05, 3.63) is 0 Å². The van der Waals surface area contributed by atoms with Crippen molar-refractivity contribution in [2.24, 2.45) is 5.92 Å². The molecule has 2 fully saturated rings. The van der Waals surface area contributed by atoms with E-state index < -0.39 is 0 Å². The first-order valence-electron chi connectivity index (χ1n) is 5.37. The summed E-state index contributed by atoms with van der Waals surface area (Å²) in [6.07, 6.45) is 5.06. The van der Waals surface area contributed by atoms with Crippen LogP contribution in [0.4, 0.5) is 0 Å². The molecule has 3 N–H and O–H groups in total. The van der Waals surface area contributed by atoms with Crippen LogP contribution < -0.4 is 5.32 Å². The number of aliphatic hydroxyl groups is 2. The maximum atomic E-state index is 9.59. The molecule has 76 valence electrons. The van der Waals surface area contributed by atoms with Gasteiger partial charge in [0.05, 0.1) is 12.2 Å². The van der Waals surface area contributed by atoms with Gasteiger partial charge in [0.2, 0.25) is 0 Å². The van der Waals surface area contributed by atoms with Crippen molar-refractivity contribution in [3.8, 4) is 0 Å². The molecule has 3 atom stereocenters. The largest absolute Gasteiger partial charge is 0.392 e. The van der Waals surface area contributed by atoms with Gasteiger partial charge in [0.15, 0.2) is 0 Å². The Labute approximate surface area is 79.2 Å². The van der Waals surface area contributed by atoms with Gasteiger partial charge in [-0.1, -0.05) is 0 Å². The fraction of sp³-hybridized carbons (Fsp3) is 1.00. The Balaban J connectivity index is 1.66. The molecule has 0 amide bonds. The van der Waals surface area contributed by atoms with E-state index in [0.717, 1.165) is 19.3 Å². The van der Waals surface area contributed by atoms with Gasteiger partial charge < -0.3 is 15.5 Å². The van der Waals surface area contributed by atoms with E-state index in [2.05, 4.69) is 5.32 Å². The summed E-state index contributed by atoms with van der Waals surface area (Å²) < 4.78 is 0. The van der Waals surface area contributed by atoms with Gasteiger partial charge in [-0.15, -0.1) is 0 Å². The lowest BCUT2D eigenvalue weighted by molar-refractivity contribution is 0.116. The van der Waals surface area contributed by atoms with Crippen LogP contribution in [0.2, 0.25) is 0 Å². The maximum absolute atomic E-state index is 9.59. The Bertz CT molecular complexity index is 170. The van der Waals surface area contributed by atoms with Crippen LogP contribution in [0, 0.1) is 5.92 Å². The third-order valence-electron chi connectivity index (χ3n) is 3.23. The van der Waals surface area contributed by atoms with Gasteiger partial charge in [0, 0.05) is 12.6 Å². The molecule has 2 aliphatic carbocycles. The fourth-order valence-electron chi connectivity index (χ4n) is 2.10. The third kappa shape index (κ3) is 2.42. The second kappa shape index (κ2) is 3.95. The van der Waals surface area contributed by atoms with Crippen molar-refractivity contribution < 1.29 is 10.2 Å². The zero-order chi connectivity index (χ0) is 9.26. The Morgan fingerprint density at radius 1 is 1.23 bits per heavy atom. The zero-order valence-corrected chi connectivity index (χ0v) is 7.95. The van der Waals surface area contributed by atoms with Crippen molar-refractivity contribution >= 4 is 0 Å². The predicted molar refractivity (Wildman–Crippen MR) is 50.4 cm³/mol. The van der Waals surface area contributed by atoms with Crippen LogP contribution in [0.5, 0.6) is 0 Å². The molecule has 3 heteroatoms. The van der Waals surface area contributed by atoms with Crippen molar-refractivity contribution in [1.29, 1.82) is 0 Å². The first kappa shape index (κ1) is 9.44. The van der Waals surface area contributed by atoms with Gasteiger partial charge in [0.25, 0.3) is 0 Å². The lowest BCUT2D eigenvalue weighted by Crippen LogP contribution is -2.40. The smallest absolute Gasteiger partial charge is 0.0693 e. The Morgan fingerprint density at radius 2 is 2.00 bits per heavy atom. The van der Waals surface area contributed by atoms with E-state index in [1.807, 2.05) is 0 Å². The van der Waals surface area contributed by atoms with E-state index in [-0.39, 0.29) is 18.2 Å². The van der Waals surface area contributed by atoms with Crippen LogP contribution >= 0.6 is 0 Å². The van der Waals surface area contributed by atoms with E-state index in [1.165, 1.54) is 12.8 Å². The molecule has 0 spiro atoms. The molecule has 0 bridgehead atoms. The molecule has 2 saturated carbocycles. The van der Waals surface area contributed by atoms with Gasteiger partial charge in [-0.3, -0.25) is 0 Å². The molecule has 0 aromatic rings. The highest BCUT2D eigenvalue weighted by molar-refractivity contribution is 4.87. The quantitative estimate of drug-likeness (QED) is 0.589. The summed E-state index contributed by atoms with van der Waals surface area (Å²) in [4.78, 5) is 0. The molecule has 0 radical (unpaired) electrons. The fourth-order valence-corrected chi connectivity index (χ4v) is 2.10. The number of aliphatic hydroxyl groups excluding tert-OH is 2. The second-order valence-electron chi connectivity index (χ2n) is 4.42. The highest BCUT2D eigenvalue weighted by Gasteiger charge is 2.31. The number of hydrogen-bond acceptors (Lipinski definition) is 3. The molecule has 13 heavy (non-hydrogen) atoms. The van der Waals surface area contributed by atoms with Crippen LogP contribution in [-0.2, 0) is 0 Å². The van der Waals surface area contributed by atoms with Crippen molar-refractivity contribution in [2.45, 2.75) is 50.4 Å². The molecule has 2 rings (SSSR count). The lowest BCUT2D eigenvalue weighted by Gasteiger charge is -2.18. The van der Waals surface area contributed by atoms with Crippen LogP contribution in [0.3, 0.4) is 0 Å². The predicted octanol–water partition coefficient (Wildman–Crippen LogP) is 0.260. The van der Waals surface area contributed by atoms with E-state index in [9.17, 15) is 10.2 Å². The Morgan fingerprint density at radius 3 is 2.54 bits per heavy atom. The van der Waals surface area contributed by atoms with Crippen molar-refractivity contribution in [1.82, 2.24) is 5.32 Å². The highest BCUT2D eigenvalue weighted by atomic mass is 16.3. The summed E-state index contributed by atoms with van der Waals surface area (Å²) >= 11 is 0. The lowest BCUT2D eigenvalue weighted by atomic mass is 10.2. The molecule has 3 nitrogen and oxygen atoms in total. The highest BCUT2D eigenvalue weighted by Crippen LogP contribution is 2.32. The Hall–Kier alpha value is -0.120. The van der Waals surface area contributed by atoms with E-state index in [1.54, 1.807) is 0 Å². The third-order valence-corrected chi connectivity index (χ3v) is 3.23. The van der Waals surface area contributed by atoms with Gasteiger partial charge >= 0.3 is 0 Å². The molecular weight excluding hydrogens is 166 g/mol. The minimum Gasteiger partial charge on any atom is -0.392 e. The number of hydrogen-bond donors (Lipinski definition) is 3. The molecule has 2 aliphatic rings. The zero-order valence-electron chi connectivity index (χ0n) is 7.95. The standard InChI is InChI=1S/C10H19NO2/c12-9-3-1-2-8(9)11-6-10(13)7-4-5-7/h7-13H,1-6H2/t8-,9-,10?/m0/s1. The molecule has 0 aliphatic heterocycles. The van der Waals surface area contributed by atoms with Crippen LogP contribution in [0.25, 0.3) is 0 Å². The van der Waals surface area contributed by atoms with E-state index >= 15 is 0 Å². The Kier molecular flexibility index (Phi) is 2.86. The summed E-state index contributed by atoms with van der Waals surface area (Å²) in [7, 11) is 0. The topological polar surface area (TPSA) is 52.5 Å². The van der Waals surface area contributed by atoms with Crippen LogP contribution in [0.1, 0.15) is 32.1 Å². The molecule has 0 heterocycles. The minimum atomic E-state index is -0.189. The monoisotopic (exact) mass is 185 g/mol.